The zero-order valence-corrected chi connectivity index (χ0v) is 16.0. The van der Waals surface area contributed by atoms with Crippen molar-refractivity contribution >= 4 is 11.0 Å². The van der Waals surface area contributed by atoms with Crippen molar-refractivity contribution in [2.24, 2.45) is 0 Å². The van der Waals surface area contributed by atoms with Crippen molar-refractivity contribution in [3.05, 3.63) is 52.9 Å². The third-order valence-electron chi connectivity index (χ3n) is 5.10. The van der Waals surface area contributed by atoms with Crippen molar-refractivity contribution in [1.82, 2.24) is 0 Å². The van der Waals surface area contributed by atoms with Gasteiger partial charge in [0.05, 0.1) is 6.61 Å². The Hall–Kier alpha value is -3.15. The first-order valence-electron chi connectivity index (χ1n) is 9.37. The molecule has 164 valence electrons. The minimum Gasteiger partial charge on any atom is -0.507 e. The molecule has 0 saturated carbocycles. The van der Waals surface area contributed by atoms with Crippen LogP contribution in [-0.4, -0.2) is 68.0 Å². The van der Waals surface area contributed by atoms with Crippen molar-refractivity contribution in [2.75, 3.05) is 6.61 Å². The van der Waals surface area contributed by atoms with Gasteiger partial charge in [-0.25, -0.2) is 4.79 Å². The molecule has 0 amide bonds. The fourth-order valence-corrected chi connectivity index (χ4v) is 3.49. The number of aliphatic hydroxyl groups is 4. The molecular weight excluding hydrogens is 412 g/mol. The summed E-state index contributed by atoms with van der Waals surface area (Å²) in [7, 11) is 0. The van der Waals surface area contributed by atoms with Gasteiger partial charge < -0.3 is 44.5 Å². The number of ether oxygens (including phenoxy) is 2. The Kier molecular flexibility index (Phi) is 5.56. The van der Waals surface area contributed by atoms with Crippen LogP contribution in [0.3, 0.4) is 0 Å². The summed E-state index contributed by atoms with van der Waals surface area (Å²) in [6, 6.07) is 10.6. The number of hydrogen-bond donors (Lipinski definition) is 6. The van der Waals surface area contributed by atoms with Crippen LogP contribution in [0.5, 0.6) is 17.2 Å². The summed E-state index contributed by atoms with van der Waals surface area (Å²) in [4.78, 5) is 12.5. The molecule has 10 nitrogen and oxygen atoms in total. The molecule has 10 heteroatoms. The Labute approximate surface area is 174 Å². The van der Waals surface area contributed by atoms with E-state index in [1.54, 1.807) is 30.3 Å². The molecule has 1 aliphatic heterocycles. The summed E-state index contributed by atoms with van der Waals surface area (Å²) in [5.74, 6) is -1.07. The molecular formula is C21H20O10. The summed E-state index contributed by atoms with van der Waals surface area (Å²) >= 11 is 0. The second-order valence-corrected chi connectivity index (χ2v) is 7.11. The molecule has 0 bridgehead atoms. The molecule has 31 heavy (non-hydrogen) atoms. The highest BCUT2D eigenvalue weighted by atomic mass is 16.7. The first-order valence-corrected chi connectivity index (χ1v) is 9.37. The van der Waals surface area contributed by atoms with Crippen molar-refractivity contribution in [3.63, 3.8) is 0 Å². The van der Waals surface area contributed by atoms with Gasteiger partial charge in [0.2, 0.25) is 6.29 Å². The Balaban J connectivity index is 1.73. The summed E-state index contributed by atoms with van der Waals surface area (Å²) in [6.45, 7) is -0.640. The molecule has 4 rings (SSSR count). The predicted octanol–water partition coefficient (Wildman–Crippen LogP) is 0.0499. The quantitative estimate of drug-likeness (QED) is 0.310. The third-order valence-corrected chi connectivity index (χ3v) is 5.10. The number of fused-ring (bicyclic) bond motifs is 1. The molecule has 6 N–H and O–H groups in total. The Morgan fingerprint density at radius 1 is 0.968 bits per heavy atom. The van der Waals surface area contributed by atoms with E-state index in [0.717, 1.165) is 6.07 Å². The highest BCUT2D eigenvalue weighted by Gasteiger charge is 2.44. The van der Waals surface area contributed by atoms with E-state index in [1.165, 1.54) is 6.07 Å². The number of aliphatic hydroxyl groups excluding tert-OH is 4. The molecule has 1 fully saturated rings. The van der Waals surface area contributed by atoms with E-state index < -0.39 is 54.4 Å². The van der Waals surface area contributed by atoms with Gasteiger partial charge in [-0.15, -0.1) is 0 Å². The summed E-state index contributed by atoms with van der Waals surface area (Å²) in [5.41, 5.74) is -0.759. The van der Waals surface area contributed by atoms with Crippen LogP contribution in [0, 0.1) is 0 Å². The van der Waals surface area contributed by atoms with Gasteiger partial charge in [0.1, 0.15) is 58.2 Å². The number of aromatic hydroxyl groups is 2. The molecule has 0 radical (unpaired) electrons. The SMILES string of the molecule is O=c1oc2cc(OC3O[C@H](CO)[C@@H](O)[C@H](O)[C@H]3O)cc(O)c2c(O)c1-c1ccccc1. The lowest BCUT2D eigenvalue weighted by Crippen LogP contribution is -2.60. The lowest BCUT2D eigenvalue weighted by atomic mass is 9.99. The molecule has 1 aliphatic rings. The second-order valence-electron chi connectivity index (χ2n) is 7.11. The number of hydrogen-bond acceptors (Lipinski definition) is 10. The van der Waals surface area contributed by atoms with Crippen LogP contribution in [0.1, 0.15) is 0 Å². The molecule has 1 aromatic heterocycles. The van der Waals surface area contributed by atoms with E-state index >= 15 is 0 Å². The Morgan fingerprint density at radius 3 is 2.35 bits per heavy atom. The van der Waals surface area contributed by atoms with Crippen molar-refractivity contribution in [2.45, 2.75) is 30.7 Å². The zero-order chi connectivity index (χ0) is 22.3. The Morgan fingerprint density at radius 2 is 1.68 bits per heavy atom. The van der Waals surface area contributed by atoms with Crippen LogP contribution >= 0.6 is 0 Å². The summed E-state index contributed by atoms with van der Waals surface area (Å²) in [5, 5.41) is 60.0. The smallest absolute Gasteiger partial charge is 0.347 e. The molecule has 1 saturated heterocycles. The molecule has 1 unspecified atom stereocenters. The van der Waals surface area contributed by atoms with Gasteiger partial charge in [-0.2, -0.15) is 0 Å². The van der Waals surface area contributed by atoms with Gasteiger partial charge in [-0.1, -0.05) is 30.3 Å². The van der Waals surface area contributed by atoms with E-state index in [-0.39, 0.29) is 22.3 Å². The van der Waals surface area contributed by atoms with Gasteiger partial charge in [-0.05, 0) is 5.56 Å². The topological polar surface area (TPSA) is 170 Å². The van der Waals surface area contributed by atoms with Crippen molar-refractivity contribution in [3.8, 4) is 28.4 Å². The third kappa shape index (κ3) is 3.71. The van der Waals surface area contributed by atoms with E-state index in [1.807, 2.05) is 0 Å². The fraction of sp³-hybridized carbons (Fsp3) is 0.286. The van der Waals surface area contributed by atoms with Gasteiger partial charge in [0.15, 0.2) is 0 Å². The number of benzene rings is 2. The van der Waals surface area contributed by atoms with Gasteiger partial charge in [-0.3, -0.25) is 0 Å². The van der Waals surface area contributed by atoms with E-state index in [0.29, 0.717) is 5.56 Å². The van der Waals surface area contributed by atoms with Crippen LogP contribution in [0.15, 0.2) is 51.7 Å². The molecule has 0 aliphatic carbocycles. The van der Waals surface area contributed by atoms with Crippen LogP contribution in [0.4, 0.5) is 0 Å². The summed E-state index contributed by atoms with van der Waals surface area (Å²) < 4.78 is 16.0. The lowest BCUT2D eigenvalue weighted by molar-refractivity contribution is -0.277. The monoisotopic (exact) mass is 432 g/mol. The van der Waals surface area contributed by atoms with Crippen molar-refractivity contribution < 1.29 is 44.5 Å². The normalized spacial score (nSPS) is 26.1. The first kappa shape index (κ1) is 21.1. The molecule has 3 aromatic rings. The van der Waals surface area contributed by atoms with Crippen molar-refractivity contribution in [1.29, 1.82) is 0 Å². The van der Waals surface area contributed by atoms with Crippen LogP contribution in [-0.2, 0) is 4.74 Å². The zero-order valence-electron chi connectivity index (χ0n) is 16.0. The highest BCUT2D eigenvalue weighted by molar-refractivity contribution is 5.95. The van der Waals surface area contributed by atoms with E-state index in [4.69, 9.17) is 13.9 Å². The molecule has 2 aromatic carbocycles. The maximum atomic E-state index is 12.5. The van der Waals surface area contributed by atoms with Crippen LogP contribution in [0.2, 0.25) is 0 Å². The average Bonchev–Trinajstić information content (AvgIpc) is 2.74. The summed E-state index contributed by atoms with van der Waals surface area (Å²) in [6.07, 6.45) is -7.57. The van der Waals surface area contributed by atoms with Gasteiger partial charge in [0, 0.05) is 12.1 Å². The minimum absolute atomic E-state index is 0.119. The standard InChI is InChI=1S/C21H20O10/c22-8-13-16(24)18(26)19(27)21(31-13)29-10-6-11(23)15-12(7-10)30-20(28)14(17(15)25)9-4-2-1-3-5-9/h1-7,13,16,18-19,21-27H,8H2/t13-,16-,18+,19-,21?/m1/s1. The number of phenols is 1. The van der Waals surface area contributed by atoms with E-state index in [2.05, 4.69) is 0 Å². The second kappa shape index (κ2) is 8.17. The maximum absolute atomic E-state index is 12.5. The van der Waals surface area contributed by atoms with Crippen LogP contribution < -0.4 is 10.4 Å². The highest BCUT2D eigenvalue weighted by Crippen LogP contribution is 2.40. The number of rotatable bonds is 4. The molecule has 2 heterocycles. The average molecular weight is 432 g/mol. The maximum Gasteiger partial charge on any atom is 0.347 e. The lowest BCUT2D eigenvalue weighted by Gasteiger charge is -2.39. The van der Waals surface area contributed by atoms with Crippen LogP contribution in [0.25, 0.3) is 22.1 Å². The van der Waals surface area contributed by atoms with Gasteiger partial charge in [0.25, 0.3) is 0 Å². The molecule has 0 spiro atoms. The Bertz CT molecular complexity index is 1140. The molecule has 5 atom stereocenters. The fourth-order valence-electron chi connectivity index (χ4n) is 3.49. The predicted molar refractivity (Wildman–Crippen MR) is 106 cm³/mol. The van der Waals surface area contributed by atoms with E-state index in [9.17, 15) is 35.4 Å². The van der Waals surface area contributed by atoms with Gasteiger partial charge >= 0.3 is 5.63 Å². The largest absolute Gasteiger partial charge is 0.507 e. The first-order chi connectivity index (χ1) is 14.8. The number of phenolic OH excluding ortho intramolecular Hbond substituents is 1. The minimum atomic E-state index is -1.67.